The zero-order valence-electron chi connectivity index (χ0n) is 16.6. The van der Waals surface area contributed by atoms with Crippen LogP contribution in [0, 0.1) is 0 Å². The minimum absolute atomic E-state index is 0.102. The summed E-state index contributed by atoms with van der Waals surface area (Å²) in [5.74, 6) is -0.337. The van der Waals surface area contributed by atoms with Crippen LogP contribution in [0.15, 0.2) is 59.5 Å². The summed E-state index contributed by atoms with van der Waals surface area (Å²) in [7, 11) is -2.36. The van der Waals surface area contributed by atoms with Crippen molar-refractivity contribution in [2.24, 2.45) is 0 Å². The summed E-state index contributed by atoms with van der Waals surface area (Å²) in [4.78, 5) is 12.5. The van der Waals surface area contributed by atoms with Gasteiger partial charge in [0.15, 0.2) is 0 Å². The molecule has 1 amide bonds. The van der Waals surface area contributed by atoms with Gasteiger partial charge in [-0.2, -0.15) is 4.31 Å². The van der Waals surface area contributed by atoms with E-state index in [1.54, 1.807) is 0 Å². The smallest absolute Gasteiger partial charge is 0.243 e. The first-order valence-corrected chi connectivity index (χ1v) is 10.9. The number of amides is 1. The molecule has 0 saturated carbocycles. The predicted octanol–water partition coefficient (Wildman–Crippen LogP) is 3.83. The highest BCUT2D eigenvalue weighted by molar-refractivity contribution is 7.89. The fraction of sp³-hybridized carbons (Fsp3) is 0.381. The van der Waals surface area contributed by atoms with Crippen molar-refractivity contribution in [1.29, 1.82) is 0 Å². The summed E-state index contributed by atoms with van der Waals surface area (Å²) in [6.07, 6.45) is 0.733. The van der Waals surface area contributed by atoms with Gasteiger partial charge in [-0.05, 0) is 48.6 Å². The van der Waals surface area contributed by atoms with Gasteiger partial charge in [0.25, 0.3) is 0 Å². The molecule has 7 heteroatoms. The standard InChI is InChI=1S/C21H27ClN2O3S/c1-16(14-21(2,3)17-8-6-5-7-9-17)23-20(25)15-24(4)28(26,27)19-12-10-18(22)11-13-19/h5-13,16H,14-15H2,1-4H3,(H,23,25)/t16-/m1/s1. The van der Waals surface area contributed by atoms with Crippen LogP contribution >= 0.6 is 11.6 Å². The lowest BCUT2D eigenvalue weighted by atomic mass is 9.79. The number of likely N-dealkylation sites (N-methyl/N-ethyl adjacent to an activating group) is 1. The summed E-state index contributed by atoms with van der Waals surface area (Å²) in [5.41, 5.74) is 1.08. The molecule has 0 radical (unpaired) electrons. The van der Waals surface area contributed by atoms with Crippen LogP contribution in [0.2, 0.25) is 5.02 Å². The highest BCUT2D eigenvalue weighted by atomic mass is 35.5. The molecule has 1 N–H and O–H groups in total. The quantitative estimate of drug-likeness (QED) is 0.702. The van der Waals surface area contributed by atoms with E-state index in [1.165, 1.54) is 36.9 Å². The average Bonchev–Trinajstić information content (AvgIpc) is 2.62. The van der Waals surface area contributed by atoms with E-state index in [0.29, 0.717) is 5.02 Å². The van der Waals surface area contributed by atoms with E-state index in [-0.39, 0.29) is 28.8 Å². The third-order valence-corrected chi connectivity index (χ3v) is 6.74. The first-order chi connectivity index (χ1) is 13.0. The van der Waals surface area contributed by atoms with Crippen LogP contribution < -0.4 is 5.32 Å². The van der Waals surface area contributed by atoms with E-state index in [2.05, 4.69) is 31.3 Å². The Balaban J connectivity index is 1.96. The fourth-order valence-electron chi connectivity index (χ4n) is 3.22. The SMILES string of the molecule is C[C@H](CC(C)(C)c1ccccc1)NC(=O)CN(C)S(=O)(=O)c1ccc(Cl)cc1. The molecule has 0 spiro atoms. The molecule has 0 bridgehead atoms. The summed E-state index contributed by atoms with van der Waals surface area (Å²) < 4.78 is 26.2. The number of hydrogen-bond acceptors (Lipinski definition) is 3. The van der Waals surface area contributed by atoms with Crippen LogP contribution in [-0.2, 0) is 20.2 Å². The predicted molar refractivity (Wildman–Crippen MR) is 113 cm³/mol. The highest BCUT2D eigenvalue weighted by Crippen LogP contribution is 2.28. The maximum absolute atomic E-state index is 12.6. The van der Waals surface area contributed by atoms with Gasteiger partial charge in [0.05, 0.1) is 11.4 Å². The molecule has 28 heavy (non-hydrogen) atoms. The number of halogens is 1. The topological polar surface area (TPSA) is 66.5 Å². The van der Waals surface area contributed by atoms with Gasteiger partial charge in [-0.25, -0.2) is 8.42 Å². The number of rotatable bonds is 8. The van der Waals surface area contributed by atoms with Gasteiger partial charge in [-0.15, -0.1) is 0 Å². The largest absolute Gasteiger partial charge is 0.352 e. The summed E-state index contributed by atoms with van der Waals surface area (Å²) in [6.45, 7) is 5.93. The third-order valence-electron chi connectivity index (χ3n) is 4.67. The van der Waals surface area contributed by atoms with Crippen molar-refractivity contribution in [3.05, 3.63) is 65.2 Å². The lowest BCUT2D eigenvalue weighted by molar-refractivity contribution is -0.121. The molecule has 152 valence electrons. The Morgan fingerprint density at radius 2 is 1.68 bits per heavy atom. The second kappa shape index (κ2) is 9.07. The van der Waals surface area contributed by atoms with Crippen molar-refractivity contribution in [3.63, 3.8) is 0 Å². The van der Waals surface area contributed by atoms with Crippen molar-refractivity contribution in [1.82, 2.24) is 9.62 Å². The number of sulfonamides is 1. The van der Waals surface area contributed by atoms with Gasteiger partial charge >= 0.3 is 0 Å². The molecule has 0 aliphatic carbocycles. The molecule has 0 aromatic heterocycles. The minimum Gasteiger partial charge on any atom is -0.352 e. The van der Waals surface area contributed by atoms with Gasteiger partial charge in [0, 0.05) is 18.1 Å². The molecular weight excluding hydrogens is 396 g/mol. The first-order valence-electron chi connectivity index (χ1n) is 9.09. The van der Waals surface area contributed by atoms with Gasteiger partial charge in [0.1, 0.15) is 0 Å². The van der Waals surface area contributed by atoms with Crippen LogP contribution in [-0.4, -0.2) is 38.3 Å². The van der Waals surface area contributed by atoms with E-state index in [4.69, 9.17) is 11.6 Å². The Morgan fingerprint density at radius 3 is 2.25 bits per heavy atom. The number of hydrogen-bond donors (Lipinski definition) is 1. The number of nitrogens with zero attached hydrogens (tertiary/aromatic N) is 1. The van der Waals surface area contributed by atoms with E-state index in [9.17, 15) is 13.2 Å². The van der Waals surface area contributed by atoms with Gasteiger partial charge in [0.2, 0.25) is 15.9 Å². The second-order valence-corrected chi connectivity index (χ2v) is 10.1. The molecule has 0 fully saturated rings. The molecule has 0 saturated heterocycles. The van der Waals surface area contributed by atoms with Crippen molar-refractivity contribution in [2.75, 3.05) is 13.6 Å². The molecular formula is C21H27ClN2O3S. The Bertz CT molecular complexity index is 897. The second-order valence-electron chi connectivity index (χ2n) is 7.64. The molecule has 0 heterocycles. The molecule has 5 nitrogen and oxygen atoms in total. The van der Waals surface area contributed by atoms with Crippen molar-refractivity contribution < 1.29 is 13.2 Å². The number of nitrogens with one attached hydrogen (secondary N) is 1. The number of carbonyl (C=O) groups excluding carboxylic acids is 1. The molecule has 1 atom stereocenters. The van der Waals surface area contributed by atoms with E-state index >= 15 is 0 Å². The first kappa shape index (κ1) is 22.4. The zero-order valence-corrected chi connectivity index (χ0v) is 18.2. The van der Waals surface area contributed by atoms with Crippen LogP contribution in [0.25, 0.3) is 0 Å². The average molecular weight is 423 g/mol. The fourth-order valence-corrected chi connectivity index (χ4v) is 4.47. The number of carbonyl (C=O) groups is 1. The molecule has 2 aromatic rings. The highest BCUT2D eigenvalue weighted by Gasteiger charge is 2.26. The number of benzene rings is 2. The van der Waals surface area contributed by atoms with E-state index in [0.717, 1.165) is 10.7 Å². The Hall–Kier alpha value is -1.89. The Labute approximate surface area is 172 Å². The van der Waals surface area contributed by atoms with Crippen molar-refractivity contribution in [3.8, 4) is 0 Å². The molecule has 0 aliphatic rings. The zero-order chi connectivity index (χ0) is 20.9. The van der Waals surface area contributed by atoms with Crippen LogP contribution in [0.5, 0.6) is 0 Å². The van der Waals surface area contributed by atoms with Gasteiger partial charge < -0.3 is 5.32 Å². The van der Waals surface area contributed by atoms with E-state index < -0.39 is 10.0 Å². The maximum Gasteiger partial charge on any atom is 0.243 e. The molecule has 0 unspecified atom stereocenters. The van der Waals surface area contributed by atoms with Gasteiger partial charge in [-0.1, -0.05) is 55.8 Å². The van der Waals surface area contributed by atoms with E-state index in [1.807, 2.05) is 25.1 Å². The van der Waals surface area contributed by atoms with Gasteiger partial charge in [-0.3, -0.25) is 4.79 Å². The maximum atomic E-state index is 12.6. The van der Waals surface area contributed by atoms with Crippen LogP contribution in [0.1, 0.15) is 32.8 Å². The molecule has 0 aliphatic heterocycles. The molecule has 2 rings (SSSR count). The Kier molecular flexibility index (Phi) is 7.26. The Morgan fingerprint density at radius 1 is 1.11 bits per heavy atom. The van der Waals surface area contributed by atoms with Crippen LogP contribution in [0.4, 0.5) is 0 Å². The van der Waals surface area contributed by atoms with Crippen molar-refractivity contribution >= 4 is 27.5 Å². The lowest BCUT2D eigenvalue weighted by Crippen LogP contribution is -2.43. The van der Waals surface area contributed by atoms with Crippen molar-refractivity contribution in [2.45, 2.75) is 43.5 Å². The lowest BCUT2D eigenvalue weighted by Gasteiger charge is -2.29. The summed E-state index contributed by atoms with van der Waals surface area (Å²) >= 11 is 5.81. The minimum atomic E-state index is -3.75. The monoisotopic (exact) mass is 422 g/mol. The molecule has 2 aromatic carbocycles. The summed E-state index contributed by atoms with van der Waals surface area (Å²) in [5, 5.41) is 3.36. The summed E-state index contributed by atoms with van der Waals surface area (Å²) in [6, 6.07) is 15.9. The third kappa shape index (κ3) is 5.80. The normalized spacial score (nSPS) is 13.4. The van der Waals surface area contributed by atoms with Crippen LogP contribution in [0.3, 0.4) is 0 Å².